The van der Waals surface area contributed by atoms with Crippen molar-refractivity contribution in [2.45, 2.75) is 32.7 Å². The average molecular weight is 228 g/mol. The lowest BCUT2D eigenvalue weighted by atomic mass is 9.96. The van der Waals surface area contributed by atoms with E-state index in [1.165, 1.54) is 20.0 Å². The van der Waals surface area contributed by atoms with E-state index in [0.29, 0.717) is 5.92 Å². The molecule has 0 aromatic heterocycles. The van der Waals surface area contributed by atoms with Crippen molar-refractivity contribution < 1.29 is 9.53 Å². The maximum atomic E-state index is 11.5. The van der Waals surface area contributed by atoms with Crippen molar-refractivity contribution >= 4 is 5.97 Å². The summed E-state index contributed by atoms with van der Waals surface area (Å²) in [6.45, 7) is 7.18. The number of carbonyl (C=O) groups is 1. The normalized spacial score (nSPS) is 19.8. The van der Waals surface area contributed by atoms with E-state index in [2.05, 4.69) is 10.6 Å². The van der Waals surface area contributed by atoms with E-state index in [9.17, 15) is 4.79 Å². The zero-order chi connectivity index (χ0) is 12.0. The molecule has 0 amide bonds. The number of hydrogen-bond donors (Lipinski definition) is 2. The van der Waals surface area contributed by atoms with Crippen LogP contribution in [-0.2, 0) is 9.53 Å². The fraction of sp³-hybridized carbons (Fsp3) is 0.917. The molecule has 4 nitrogen and oxygen atoms in total. The van der Waals surface area contributed by atoms with Gasteiger partial charge in [-0.2, -0.15) is 0 Å². The maximum absolute atomic E-state index is 11.5. The molecule has 2 N–H and O–H groups in total. The number of nitrogens with one attached hydrogen (secondary N) is 2. The summed E-state index contributed by atoms with van der Waals surface area (Å²) in [5.41, 5.74) is 0. The maximum Gasteiger partial charge on any atom is 0.323 e. The number of piperidine rings is 1. The van der Waals surface area contributed by atoms with Crippen molar-refractivity contribution in [3.8, 4) is 0 Å². The number of methoxy groups -OCH3 is 1. The van der Waals surface area contributed by atoms with Gasteiger partial charge in [0.1, 0.15) is 6.04 Å². The van der Waals surface area contributed by atoms with Gasteiger partial charge in [-0.05, 0) is 44.3 Å². The molecule has 1 unspecified atom stereocenters. The lowest BCUT2D eigenvalue weighted by molar-refractivity contribution is -0.144. The smallest absolute Gasteiger partial charge is 0.323 e. The third-order valence-corrected chi connectivity index (χ3v) is 3.21. The zero-order valence-corrected chi connectivity index (χ0v) is 10.6. The van der Waals surface area contributed by atoms with Crippen LogP contribution in [0.3, 0.4) is 0 Å². The van der Waals surface area contributed by atoms with Crippen LogP contribution in [0.4, 0.5) is 0 Å². The molecule has 1 aliphatic rings. The second kappa shape index (κ2) is 6.86. The van der Waals surface area contributed by atoms with Crippen molar-refractivity contribution in [2.24, 2.45) is 11.8 Å². The minimum atomic E-state index is -0.167. The summed E-state index contributed by atoms with van der Waals surface area (Å²) in [4.78, 5) is 11.5. The number of esters is 1. The summed E-state index contributed by atoms with van der Waals surface area (Å²) >= 11 is 0. The van der Waals surface area contributed by atoms with Crippen LogP contribution >= 0.6 is 0 Å². The lowest BCUT2D eigenvalue weighted by Gasteiger charge is -2.26. The van der Waals surface area contributed by atoms with Gasteiger partial charge in [-0.3, -0.25) is 4.79 Å². The van der Waals surface area contributed by atoms with Crippen molar-refractivity contribution in [1.82, 2.24) is 10.6 Å². The number of hydrogen-bond acceptors (Lipinski definition) is 4. The van der Waals surface area contributed by atoms with Crippen LogP contribution in [0.5, 0.6) is 0 Å². The van der Waals surface area contributed by atoms with Gasteiger partial charge in [0, 0.05) is 0 Å². The predicted molar refractivity (Wildman–Crippen MR) is 64.2 cm³/mol. The molecule has 0 bridgehead atoms. The van der Waals surface area contributed by atoms with Crippen molar-refractivity contribution in [2.75, 3.05) is 26.7 Å². The first-order valence-corrected chi connectivity index (χ1v) is 6.17. The van der Waals surface area contributed by atoms with Gasteiger partial charge < -0.3 is 15.4 Å². The Labute approximate surface area is 98.1 Å². The van der Waals surface area contributed by atoms with Gasteiger partial charge in [-0.15, -0.1) is 0 Å². The monoisotopic (exact) mass is 228 g/mol. The third kappa shape index (κ3) is 4.10. The van der Waals surface area contributed by atoms with Crippen LogP contribution in [0.1, 0.15) is 26.7 Å². The van der Waals surface area contributed by atoms with Crippen LogP contribution in [0, 0.1) is 11.8 Å². The van der Waals surface area contributed by atoms with E-state index in [-0.39, 0.29) is 17.9 Å². The molecule has 1 fully saturated rings. The molecule has 0 radical (unpaired) electrons. The summed E-state index contributed by atoms with van der Waals surface area (Å²) in [5.74, 6) is 0.810. The average Bonchev–Trinajstić information content (AvgIpc) is 2.30. The summed E-state index contributed by atoms with van der Waals surface area (Å²) in [7, 11) is 1.45. The SMILES string of the molecule is COC(=O)C(NCC1CCNCC1)C(C)C. The molecular weight excluding hydrogens is 204 g/mol. The third-order valence-electron chi connectivity index (χ3n) is 3.21. The highest BCUT2D eigenvalue weighted by molar-refractivity contribution is 5.75. The van der Waals surface area contributed by atoms with Gasteiger partial charge >= 0.3 is 5.97 Å². The van der Waals surface area contributed by atoms with Crippen molar-refractivity contribution in [1.29, 1.82) is 0 Å². The molecule has 16 heavy (non-hydrogen) atoms. The summed E-state index contributed by atoms with van der Waals surface area (Å²) in [6, 6.07) is -0.167. The molecule has 0 saturated carbocycles. The van der Waals surface area contributed by atoms with Crippen LogP contribution in [0.15, 0.2) is 0 Å². The zero-order valence-electron chi connectivity index (χ0n) is 10.6. The standard InChI is InChI=1S/C12H24N2O2/c1-9(2)11(12(15)16-3)14-8-10-4-6-13-7-5-10/h9-11,13-14H,4-8H2,1-3H3. The molecule has 1 saturated heterocycles. The first-order valence-electron chi connectivity index (χ1n) is 6.17. The second-order valence-electron chi connectivity index (χ2n) is 4.85. The first-order chi connectivity index (χ1) is 7.65. The van der Waals surface area contributed by atoms with E-state index >= 15 is 0 Å². The molecule has 0 aromatic carbocycles. The minimum absolute atomic E-state index is 0.149. The van der Waals surface area contributed by atoms with Crippen LogP contribution in [0.2, 0.25) is 0 Å². The van der Waals surface area contributed by atoms with Crippen LogP contribution in [-0.4, -0.2) is 38.8 Å². The summed E-state index contributed by atoms with van der Waals surface area (Å²) < 4.78 is 4.80. The van der Waals surface area contributed by atoms with Crippen LogP contribution < -0.4 is 10.6 Å². The van der Waals surface area contributed by atoms with Gasteiger partial charge in [0.2, 0.25) is 0 Å². The van der Waals surface area contributed by atoms with E-state index < -0.39 is 0 Å². The lowest BCUT2D eigenvalue weighted by Crippen LogP contribution is -2.45. The Morgan fingerprint density at radius 2 is 2.06 bits per heavy atom. The molecule has 4 heteroatoms. The molecule has 94 valence electrons. The topological polar surface area (TPSA) is 50.4 Å². The van der Waals surface area contributed by atoms with E-state index in [4.69, 9.17) is 4.74 Å². The van der Waals surface area contributed by atoms with Gasteiger partial charge in [0.25, 0.3) is 0 Å². The Hall–Kier alpha value is -0.610. The molecule has 1 rings (SSSR count). The summed E-state index contributed by atoms with van der Waals surface area (Å²) in [6.07, 6.45) is 2.39. The molecule has 1 aliphatic heterocycles. The van der Waals surface area contributed by atoms with Crippen molar-refractivity contribution in [3.63, 3.8) is 0 Å². The second-order valence-corrected chi connectivity index (χ2v) is 4.85. The predicted octanol–water partition coefficient (Wildman–Crippen LogP) is 0.773. The van der Waals surface area contributed by atoms with E-state index in [1.807, 2.05) is 13.8 Å². The Balaban J connectivity index is 2.34. The Morgan fingerprint density at radius 1 is 1.44 bits per heavy atom. The van der Waals surface area contributed by atoms with Gasteiger partial charge in [0.15, 0.2) is 0 Å². The molecule has 0 aromatic rings. The van der Waals surface area contributed by atoms with Crippen LogP contribution in [0.25, 0.3) is 0 Å². The van der Waals surface area contributed by atoms with E-state index in [1.54, 1.807) is 0 Å². The van der Waals surface area contributed by atoms with Gasteiger partial charge in [-0.1, -0.05) is 13.8 Å². The molecule has 1 heterocycles. The van der Waals surface area contributed by atoms with Gasteiger partial charge in [-0.25, -0.2) is 0 Å². The van der Waals surface area contributed by atoms with Crippen molar-refractivity contribution in [3.05, 3.63) is 0 Å². The highest BCUT2D eigenvalue weighted by atomic mass is 16.5. The Morgan fingerprint density at radius 3 is 2.56 bits per heavy atom. The number of carbonyl (C=O) groups excluding carboxylic acids is 1. The summed E-state index contributed by atoms with van der Waals surface area (Å²) in [5, 5.41) is 6.68. The minimum Gasteiger partial charge on any atom is -0.468 e. The Kier molecular flexibility index (Phi) is 5.77. The molecular formula is C12H24N2O2. The molecule has 1 atom stereocenters. The first kappa shape index (κ1) is 13.5. The fourth-order valence-electron chi connectivity index (χ4n) is 2.10. The van der Waals surface area contributed by atoms with Gasteiger partial charge in [0.05, 0.1) is 7.11 Å². The molecule has 0 aliphatic carbocycles. The largest absolute Gasteiger partial charge is 0.468 e. The highest BCUT2D eigenvalue weighted by Gasteiger charge is 2.23. The highest BCUT2D eigenvalue weighted by Crippen LogP contribution is 2.11. The molecule has 0 spiro atoms. The van der Waals surface area contributed by atoms with E-state index in [0.717, 1.165) is 19.6 Å². The number of rotatable bonds is 5. The quantitative estimate of drug-likeness (QED) is 0.683. The number of ether oxygens (including phenoxy) is 1. The Bertz CT molecular complexity index is 213. The fourth-order valence-corrected chi connectivity index (χ4v) is 2.10.